The molecule has 0 aromatic heterocycles. The number of carbonyl (C=O) groups is 1. The summed E-state index contributed by atoms with van der Waals surface area (Å²) >= 11 is 0. The predicted molar refractivity (Wildman–Crippen MR) is 67.8 cm³/mol. The first-order valence-electron chi connectivity index (χ1n) is 5.56. The molecule has 3 nitrogen and oxygen atoms in total. The quantitative estimate of drug-likeness (QED) is 0.776. The topological polar surface area (TPSA) is 46.5 Å². The largest absolute Gasteiger partial charge is 0.508 e. The van der Waals surface area contributed by atoms with Gasteiger partial charge >= 0.3 is 5.97 Å². The monoisotopic (exact) mass is 238 g/mol. The van der Waals surface area contributed by atoms with Crippen molar-refractivity contribution in [3.8, 4) is 5.75 Å². The molecule has 0 saturated carbocycles. The standard InChI is InChI=1S/C15H10O3/c16-11-6-7-12-13(9-11)15(17)18-14(12)8-10-4-2-1-3-5-10/h1-9,16H. The third-order valence-electron chi connectivity index (χ3n) is 2.79. The maximum atomic E-state index is 11.6. The number of benzene rings is 2. The summed E-state index contributed by atoms with van der Waals surface area (Å²) in [6.07, 6.45) is 1.81. The summed E-state index contributed by atoms with van der Waals surface area (Å²) in [5.74, 6) is 0.149. The van der Waals surface area contributed by atoms with Crippen LogP contribution in [0.3, 0.4) is 0 Å². The van der Waals surface area contributed by atoms with E-state index in [1.807, 2.05) is 30.3 Å². The van der Waals surface area contributed by atoms with Crippen molar-refractivity contribution >= 4 is 17.8 Å². The number of cyclic esters (lactones) is 1. The summed E-state index contributed by atoms with van der Waals surface area (Å²) in [5.41, 5.74) is 2.07. The van der Waals surface area contributed by atoms with Gasteiger partial charge in [0.1, 0.15) is 11.5 Å². The van der Waals surface area contributed by atoms with Gasteiger partial charge in [0.25, 0.3) is 0 Å². The predicted octanol–water partition coefficient (Wildman–Crippen LogP) is 3.06. The number of rotatable bonds is 1. The van der Waals surface area contributed by atoms with E-state index in [2.05, 4.69) is 0 Å². The van der Waals surface area contributed by atoms with E-state index in [0.717, 1.165) is 5.56 Å². The van der Waals surface area contributed by atoms with Gasteiger partial charge in [-0.15, -0.1) is 0 Å². The van der Waals surface area contributed by atoms with E-state index in [0.29, 0.717) is 16.9 Å². The van der Waals surface area contributed by atoms with Crippen molar-refractivity contribution in [2.45, 2.75) is 0 Å². The van der Waals surface area contributed by atoms with Gasteiger partial charge in [-0.05, 0) is 29.8 Å². The van der Waals surface area contributed by atoms with Crippen molar-refractivity contribution in [3.63, 3.8) is 0 Å². The molecule has 0 atom stereocenters. The highest BCUT2D eigenvalue weighted by molar-refractivity contribution is 6.05. The van der Waals surface area contributed by atoms with Gasteiger partial charge in [0, 0.05) is 5.56 Å². The van der Waals surface area contributed by atoms with Crippen LogP contribution >= 0.6 is 0 Å². The van der Waals surface area contributed by atoms with Crippen molar-refractivity contribution in [2.24, 2.45) is 0 Å². The molecule has 1 aliphatic heterocycles. The Bertz CT molecular complexity index is 642. The summed E-state index contributed by atoms with van der Waals surface area (Å²) in [5, 5.41) is 9.36. The summed E-state index contributed by atoms with van der Waals surface area (Å²) in [6, 6.07) is 14.3. The van der Waals surface area contributed by atoms with Crippen molar-refractivity contribution in [1.29, 1.82) is 0 Å². The summed E-state index contributed by atoms with van der Waals surface area (Å²) in [6.45, 7) is 0. The first kappa shape index (κ1) is 10.6. The molecule has 0 bridgehead atoms. The maximum Gasteiger partial charge on any atom is 0.344 e. The van der Waals surface area contributed by atoms with Crippen molar-refractivity contribution in [2.75, 3.05) is 0 Å². The SMILES string of the molecule is O=C1OC(=Cc2ccccc2)c2ccc(O)cc21. The lowest BCUT2D eigenvalue weighted by molar-refractivity contribution is 0.0717. The fourth-order valence-corrected chi connectivity index (χ4v) is 1.93. The smallest absolute Gasteiger partial charge is 0.344 e. The zero-order valence-corrected chi connectivity index (χ0v) is 9.46. The van der Waals surface area contributed by atoms with Crippen LogP contribution in [0.4, 0.5) is 0 Å². The van der Waals surface area contributed by atoms with Gasteiger partial charge < -0.3 is 9.84 Å². The van der Waals surface area contributed by atoms with E-state index in [9.17, 15) is 9.90 Å². The molecule has 1 N–H and O–H groups in total. The molecule has 0 aliphatic carbocycles. The molecular formula is C15H10O3. The van der Waals surface area contributed by atoms with Crippen LogP contribution in [0.15, 0.2) is 48.5 Å². The lowest BCUT2D eigenvalue weighted by atomic mass is 10.1. The molecule has 2 aromatic carbocycles. The zero-order valence-electron chi connectivity index (χ0n) is 9.46. The number of hydrogen-bond acceptors (Lipinski definition) is 3. The van der Waals surface area contributed by atoms with Crippen LogP contribution < -0.4 is 0 Å². The summed E-state index contributed by atoms with van der Waals surface area (Å²) in [7, 11) is 0. The van der Waals surface area contributed by atoms with E-state index in [4.69, 9.17) is 4.74 Å². The second kappa shape index (κ2) is 4.04. The number of phenols is 1. The van der Waals surface area contributed by atoms with E-state index < -0.39 is 5.97 Å². The average Bonchev–Trinajstić information content (AvgIpc) is 2.67. The number of aromatic hydroxyl groups is 1. The Morgan fingerprint density at radius 1 is 1.00 bits per heavy atom. The van der Waals surface area contributed by atoms with Crippen molar-refractivity contribution in [1.82, 2.24) is 0 Å². The second-order valence-corrected chi connectivity index (χ2v) is 4.04. The molecule has 2 aromatic rings. The first-order valence-corrected chi connectivity index (χ1v) is 5.56. The maximum absolute atomic E-state index is 11.6. The lowest BCUT2D eigenvalue weighted by Crippen LogP contribution is -1.92. The Kier molecular flexibility index (Phi) is 2.38. The average molecular weight is 238 g/mol. The van der Waals surface area contributed by atoms with Crippen LogP contribution in [-0.2, 0) is 4.74 Å². The van der Waals surface area contributed by atoms with Crippen LogP contribution in [0.1, 0.15) is 21.5 Å². The molecule has 0 unspecified atom stereocenters. The summed E-state index contributed by atoms with van der Waals surface area (Å²) < 4.78 is 5.20. The zero-order chi connectivity index (χ0) is 12.5. The third kappa shape index (κ3) is 1.76. The van der Waals surface area contributed by atoms with Gasteiger partial charge in [-0.2, -0.15) is 0 Å². The van der Waals surface area contributed by atoms with Crippen LogP contribution in [0.5, 0.6) is 5.75 Å². The lowest BCUT2D eigenvalue weighted by Gasteiger charge is -1.99. The third-order valence-corrected chi connectivity index (χ3v) is 2.79. The van der Waals surface area contributed by atoms with E-state index in [1.54, 1.807) is 18.2 Å². The molecule has 88 valence electrons. The highest BCUT2D eigenvalue weighted by Gasteiger charge is 2.26. The second-order valence-electron chi connectivity index (χ2n) is 4.04. The molecule has 0 amide bonds. The highest BCUT2D eigenvalue weighted by Crippen LogP contribution is 2.33. The van der Waals surface area contributed by atoms with Crippen molar-refractivity contribution in [3.05, 3.63) is 65.2 Å². The molecule has 0 spiro atoms. The fourth-order valence-electron chi connectivity index (χ4n) is 1.93. The number of phenolic OH excluding ortho intramolecular Hbond substituents is 1. The van der Waals surface area contributed by atoms with E-state index in [1.165, 1.54) is 6.07 Å². The molecular weight excluding hydrogens is 228 g/mol. The number of esters is 1. The first-order chi connectivity index (χ1) is 8.74. The van der Waals surface area contributed by atoms with Crippen LogP contribution in [0.2, 0.25) is 0 Å². The van der Waals surface area contributed by atoms with E-state index >= 15 is 0 Å². The Balaban J connectivity index is 2.08. The Labute approximate surface area is 104 Å². The Morgan fingerprint density at radius 2 is 1.78 bits per heavy atom. The van der Waals surface area contributed by atoms with Gasteiger partial charge in [-0.3, -0.25) is 0 Å². The molecule has 0 saturated heterocycles. The van der Waals surface area contributed by atoms with Crippen molar-refractivity contribution < 1.29 is 14.6 Å². The van der Waals surface area contributed by atoms with Gasteiger partial charge in [0.2, 0.25) is 0 Å². The molecule has 0 fully saturated rings. The fraction of sp³-hybridized carbons (Fsp3) is 0. The van der Waals surface area contributed by atoms with Crippen LogP contribution in [0.25, 0.3) is 11.8 Å². The van der Waals surface area contributed by atoms with Crippen LogP contribution in [-0.4, -0.2) is 11.1 Å². The number of ether oxygens (including phenoxy) is 1. The number of carbonyl (C=O) groups excluding carboxylic acids is 1. The van der Waals surface area contributed by atoms with Crippen LogP contribution in [0, 0.1) is 0 Å². The number of hydrogen-bond donors (Lipinski definition) is 1. The van der Waals surface area contributed by atoms with E-state index in [-0.39, 0.29) is 5.75 Å². The molecule has 1 heterocycles. The van der Waals surface area contributed by atoms with Gasteiger partial charge in [-0.25, -0.2) is 4.79 Å². The molecule has 18 heavy (non-hydrogen) atoms. The Morgan fingerprint density at radius 3 is 2.56 bits per heavy atom. The Hall–Kier alpha value is -2.55. The summed E-state index contributed by atoms with van der Waals surface area (Å²) in [4.78, 5) is 11.6. The normalized spacial score (nSPS) is 15.6. The van der Waals surface area contributed by atoms with Gasteiger partial charge in [0.05, 0.1) is 5.56 Å². The minimum atomic E-state index is -0.428. The molecule has 0 radical (unpaired) electrons. The number of fused-ring (bicyclic) bond motifs is 1. The minimum absolute atomic E-state index is 0.0617. The van der Waals surface area contributed by atoms with Gasteiger partial charge in [-0.1, -0.05) is 30.3 Å². The highest BCUT2D eigenvalue weighted by atomic mass is 16.5. The molecule has 1 aliphatic rings. The molecule has 3 rings (SSSR count). The minimum Gasteiger partial charge on any atom is -0.508 e. The molecule has 3 heteroatoms. The van der Waals surface area contributed by atoms with Gasteiger partial charge in [0.15, 0.2) is 0 Å².